The van der Waals surface area contributed by atoms with Crippen molar-refractivity contribution in [3.8, 4) is 11.8 Å². The van der Waals surface area contributed by atoms with Crippen LogP contribution in [0.3, 0.4) is 0 Å². The van der Waals surface area contributed by atoms with E-state index in [0.29, 0.717) is 11.3 Å². The SMILES string of the molecule is Cc1ccc(C#N)cc1OCCSC(F)(F)F. The van der Waals surface area contributed by atoms with E-state index in [1.54, 1.807) is 19.1 Å². The molecule has 0 N–H and O–H groups in total. The third kappa shape index (κ3) is 5.00. The Morgan fingerprint density at radius 2 is 2.12 bits per heavy atom. The number of rotatable bonds is 4. The van der Waals surface area contributed by atoms with E-state index in [9.17, 15) is 13.2 Å². The van der Waals surface area contributed by atoms with Crippen LogP contribution >= 0.6 is 11.8 Å². The van der Waals surface area contributed by atoms with Gasteiger partial charge in [-0.1, -0.05) is 6.07 Å². The summed E-state index contributed by atoms with van der Waals surface area (Å²) in [7, 11) is 0. The average molecular weight is 261 g/mol. The molecule has 0 bridgehead atoms. The summed E-state index contributed by atoms with van der Waals surface area (Å²) >= 11 is -0.121. The van der Waals surface area contributed by atoms with E-state index >= 15 is 0 Å². The van der Waals surface area contributed by atoms with Gasteiger partial charge in [0.1, 0.15) is 5.75 Å². The van der Waals surface area contributed by atoms with E-state index in [4.69, 9.17) is 10.00 Å². The van der Waals surface area contributed by atoms with Crippen molar-refractivity contribution in [1.82, 2.24) is 0 Å². The van der Waals surface area contributed by atoms with Gasteiger partial charge in [0.05, 0.1) is 18.2 Å². The molecule has 0 radical (unpaired) electrons. The Hall–Kier alpha value is -1.35. The highest BCUT2D eigenvalue weighted by Gasteiger charge is 2.27. The summed E-state index contributed by atoms with van der Waals surface area (Å²) in [6, 6.07) is 6.80. The zero-order chi connectivity index (χ0) is 12.9. The molecule has 0 aliphatic carbocycles. The smallest absolute Gasteiger partial charge is 0.441 e. The van der Waals surface area contributed by atoms with Gasteiger partial charge in [0.15, 0.2) is 0 Å². The van der Waals surface area contributed by atoms with Crippen molar-refractivity contribution in [3.05, 3.63) is 29.3 Å². The van der Waals surface area contributed by atoms with E-state index in [1.165, 1.54) is 6.07 Å². The van der Waals surface area contributed by atoms with Gasteiger partial charge in [-0.3, -0.25) is 0 Å². The lowest BCUT2D eigenvalue weighted by Crippen LogP contribution is -2.08. The molecule has 1 aromatic carbocycles. The number of hydrogen-bond donors (Lipinski definition) is 0. The van der Waals surface area contributed by atoms with E-state index in [-0.39, 0.29) is 24.1 Å². The van der Waals surface area contributed by atoms with Crippen molar-refractivity contribution < 1.29 is 17.9 Å². The van der Waals surface area contributed by atoms with Gasteiger partial charge in [-0.25, -0.2) is 0 Å². The van der Waals surface area contributed by atoms with E-state index in [0.717, 1.165) is 5.56 Å². The number of nitrogens with zero attached hydrogens (tertiary/aromatic N) is 1. The van der Waals surface area contributed by atoms with Gasteiger partial charge in [-0.2, -0.15) is 18.4 Å². The van der Waals surface area contributed by atoms with E-state index in [1.807, 2.05) is 6.07 Å². The van der Waals surface area contributed by atoms with Gasteiger partial charge >= 0.3 is 5.51 Å². The normalized spacial score (nSPS) is 11.0. The van der Waals surface area contributed by atoms with Crippen LogP contribution in [0.4, 0.5) is 13.2 Å². The molecule has 92 valence electrons. The maximum Gasteiger partial charge on any atom is 0.441 e. The van der Waals surface area contributed by atoms with Gasteiger partial charge in [0.25, 0.3) is 0 Å². The fourth-order valence-electron chi connectivity index (χ4n) is 1.13. The van der Waals surface area contributed by atoms with E-state index < -0.39 is 5.51 Å². The average Bonchev–Trinajstić information content (AvgIpc) is 2.25. The number of ether oxygens (including phenoxy) is 1. The molecule has 0 atom stereocenters. The first kappa shape index (κ1) is 13.7. The van der Waals surface area contributed by atoms with Gasteiger partial charge in [-0.05, 0) is 36.4 Å². The summed E-state index contributed by atoms with van der Waals surface area (Å²) in [5, 5.41) is 8.67. The first-order valence-corrected chi connectivity index (χ1v) is 5.75. The van der Waals surface area contributed by atoms with Crippen LogP contribution in [0, 0.1) is 18.3 Å². The molecule has 1 aromatic rings. The molecule has 0 amide bonds. The summed E-state index contributed by atoms with van der Waals surface area (Å²) in [5.41, 5.74) is -3.01. The molecule has 0 heterocycles. The Labute approximate surface area is 101 Å². The Kier molecular flexibility index (Phi) is 4.70. The van der Waals surface area contributed by atoms with Crippen LogP contribution in [-0.4, -0.2) is 17.9 Å². The molecule has 0 saturated heterocycles. The van der Waals surface area contributed by atoms with Crippen LogP contribution < -0.4 is 4.74 Å². The molecule has 0 aliphatic heterocycles. The minimum atomic E-state index is -4.23. The first-order chi connectivity index (χ1) is 7.92. The van der Waals surface area contributed by atoms with Crippen LogP contribution in [0.15, 0.2) is 18.2 Å². The Morgan fingerprint density at radius 1 is 1.41 bits per heavy atom. The summed E-state index contributed by atoms with van der Waals surface area (Å²) in [6.07, 6.45) is 0. The molecular weight excluding hydrogens is 251 g/mol. The molecule has 2 nitrogen and oxygen atoms in total. The molecule has 0 aromatic heterocycles. The highest BCUT2D eigenvalue weighted by Crippen LogP contribution is 2.30. The zero-order valence-electron chi connectivity index (χ0n) is 9.04. The zero-order valence-corrected chi connectivity index (χ0v) is 9.86. The maximum atomic E-state index is 11.8. The molecule has 0 unspecified atom stereocenters. The quantitative estimate of drug-likeness (QED) is 0.778. The van der Waals surface area contributed by atoms with Crippen LogP contribution in [0.5, 0.6) is 5.75 Å². The Morgan fingerprint density at radius 3 is 2.71 bits per heavy atom. The molecule has 0 saturated carbocycles. The third-order valence-electron chi connectivity index (χ3n) is 1.92. The number of benzene rings is 1. The number of halogens is 3. The second-order valence-corrected chi connectivity index (χ2v) is 4.39. The number of alkyl halides is 3. The van der Waals surface area contributed by atoms with Crippen LogP contribution in [0.1, 0.15) is 11.1 Å². The van der Waals surface area contributed by atoms with Crippen LogP contribution in [0.25, 0.3) is 0 Å². The van der Waals surface area contributed by atoms with Crippen molar-refractivity contribution in [1.29, 1.82) is 5.26 Å². The van der Waals surface area contributed by atoms with Crippen molar-refractivity contribution in [3.63, 3.8) is 0 Å². The fraction of sp³-hybridized carbons (Fsp3) is 0.364. The lowest BCUT2D eigenvalue weighted by Gasteiger charge is -2.10. The summed E-state index contributed by atoms with van der Waals surface area (Å²) < 4.78 is 40.7. The number of hydrogen-bond acceptors (Lipinski definition) is 3. The minimum Gasteiger partial charge on any atom is -0.492 e. The number of thioether (sulfide) groups is 1. The lowest BCUT2D eigenvalue weighted by molar-refractivity contribution is -0.0329. The second kappa shape index (κ2) is 5.82. The summed E-state index contributed by atoms with van der Waals surface area (Å²) in [4.78, 5) is 0. The van der Waals surface area contributed by atoms with Crippen molar-refractivity contribution in [2.24, 2.45) is 0 Å². The third-order valence-corrected chi connectivity index (χ3v) is 2.62. The molecule has 6 heteroatoms. The first-order valence-electron chi connectivity index (χ1n) is 4.76. The molecular formula is C11H10F3NOS. The number of aryl methyl sites for hydroxylation is 1. The highest BCUT2D eigenvalue weighted by molar-refractivity contribution is 8.00. The molecule has 0 spiro atoms. The standard InChI is InChI=1S/C11H10F3NOS/c1-8-2-3-9(7-15)6-10(8)16-4-5-17-11(12,13)14/h2-3,6H,4-5H2,1H3. The fourth-order valence-corrected chi connectivity index (χ4v) is 1.53. The molecule has 17 heavy (non-hydrogen) atoms. The lowest BCUT2D eigenvalue weighted by atomic mass is 10.1. The van der Waals surface area contributed by atoms with Gasteiger partial charge in [0.2, 0.25) is 0 Å². The van der Waals surface area contributed by atoms with Gasteiger partial charge < -0.3 is 4.74 Å². The Balaban J connectivity index is 2.49. The number of nitriles is 1. The van der Waals surface area contributed by atoms with Crippen molar-refractivity contribution in [2.45, 2.75) is 12.4 Å². The van der Waals surface area contributed by atoms with Gasteiger partial charge in [0, 0.05) is 5.75 Å². The topological polar surface area (TPSA) is 33.0 Å². The van der Waals surface area contributed by atoms with Crippen LogP contribution in [-0.2, 0) is 0 Å². The van der Waals surface area contributed by atoms with Crippen molar-refractivity contribution >= 4 is 11.8 Å². The second-order valence-electron chi connectivity index (χ2n) is 3.23. The van der Waals surface area contributed by atoms with Gasteiger partial charge in [-0.15, -0.1) is 0 Å². The predicted octanol–water partition coefficient (Wildman–Crippen LogP) is 3.50. The molecule has 1 rings (SSSR count). The van der Waals surface area contributed by atoms with Crippen molar-refractivity contribution in [2.75, 3.05) is 12.4 Å². The Bertz CT molecular complexity index is 426. The monoisotopic (exact) mass is 261 g/mol. The highest BCUT2D eigenvalue weighted by atomic mass is 32.2. The maximum absolute atomic E-state index is 11.8. The summed E-state index contributed by atoms with van der Waals surface area (Å²) in [6.45, 7) is 1.73. The minimum absolute atomic E-state index is 0.0418. The molecule has 0 fully saturated rings. The van der Waals surface area contributed by atoms with E-state index in [2.05, 4.69) is 0 Å². The van der Waals surface area contributed by atoms with Crippen LogP contribution in [0.2, 0.25) is 0 Å². The molecule has 0 aliphatic rings. The largest absolute Gasteiger partial charge is 0.492 e. The predicted molar refractivity (Wildman–Crippen MR) is 59.9 cm³/mol. The summed E-state index contributed by atoms with van der Waals surface area (Å²) in [5.74, 6) is 0.284.